The average molecular weight is 144 g/mol. The van der Waals surface area contributed by atoms with Crippen LogP contribution in [0.5, 0.6) is 0 Å². The van der Waals surface area contributed by atoms with Gasteiger partial charge in [0.25, 0.3) is 0 Å². The van der Waals surface area contributed by atoms with E-state index in [0.29, 0.717) is 6.61 Å². The van der Waals surface area contributed by atoms with Crippen molar-refractivity contribution < 1.29 is 9.53 Å². The molecule has 2 nitrogen and oxygen atoms in total. The molecule has 0 unspecified atom stereocenters. The summed E-state index contributed by atoms with van der Waals surface area (Å²) in [5.41, 5.74) is 0. The SMILES string of the molecule is CCC[C@H](C)C(=O)OCC. The van der Waals surface area contributed by atoms with Gasteiger partial charge in [-0.1, -0.05) is 20.3 Å². The lowest BCUT2D eigenvalue weighted by molar-refractivity contribution is -0.147. The first-order valence-corrected chi connectivity index (χ1v) is 3.89. The molecule has 0 aromatic heterocycles. The minimum absolute atomic E-state index is 0.0654. The van der Waals surface area contributed by atoms with Gasteiger partial charge in [0, 0.05) is 0 Å². The number of carbonyl (C=O) groups excluding carboxylic acids is 1. The van der Waals surface area contributed by atoms with E-state index in [-0.39, 0.29) is 11.9 Å². The van der Waals surface area contributed by atoms with E-state index in [0.717, 1.165) is 12.8 Å². The molecule has 10 heavy (non-hydrogen) atoms. The van der Waals surface area contributed by atoms with Gasteiger partial charge in [-0.3, -0.25) is 4.79 Å². The van der Waals surface area contributed by atoms with E-state index in [4.69, 9.17) is 4.74 Å². The number of esters is 1. The van der Waals surface area contributed by atoms with Crippen molar-refractivity contribution in [2.45, 2.75) is 33.6 Å². The van der Waals surface area contributed by atoms with Crippen LogP contribution in [0.4, 0.5) is 0 Å². The van der Waals surface area contributed by atoms with Crippen molar-refractivity contribution in [3.8, 4) is 0 Å². The summed E-state index contributed by atoms with van der Waals surface area (Å²) in [5.74, 6) is 0.00861. The van der Waals surface area contributed by atoms with Crippen molar-refractivity contribution in [3.05, 3.63) is 0 Å². The Labute approximate surface area is 62.6 Å². The molecule has 0 saturated heterocycles. The summed E-state index contributed by atoms with van der Waals surface area (Å²) in [5, 5.41) is 0. The summed E-state index contributed by atoms with van der Waals surface area (Å²) in [4.78, 5) is 10.9. The Morgan fingerprint density at radius 1 is 1.50 bits per heavy atom. The predicted octanol–water partition coefficient (Wildman–Crippen LogP) is 1.99. The third-order valence-corrected chi connectivity index (χ3v) is 1.41. The van der Waals surface area contributed by atoms with Gasteiger partial charge in [0.1, 0.15) is 0 Å². The second kappa shape index (κ2) is 5.27. The zero-order valence-corrected chi connectivity index (χ0v) is 7.02. The molecular weight excluding hydrogens is 128 g/mol. The predicted molar refractivity (Wildman–Crippen MR) is 40.7 cm³/mol. The molecule has 0 rings (SSSR count). The molecule has 0 aromatic carbocycles. The molecule has 0 heterocycles. The highest BCUT2D eigenvalue weighted by Crippen LogP contribution is 2.06. The highest BCUT2D eigenvalue weighted by molar-refractivity contribution is 5.71. The van der Waals surface area contributed by atoms with Crippen molar-refractivity contribution in [2.24, 2.45) is 5.92 Å². The Kier molecular flexibility index (Phi) is 4.99. The number of ether oxygens (including phenoxy) is 1. The Morgan fingerprint density at radius 3 is 2.50 bits per heavy atom. The fraction of sp³-hybridized carbons (Fsp3) is 0.875. The van der Waals surface area contributed by atoms with Crippen LogP contribution >= 0.6 is 0 Å². The molecule has 0 radical (unpaired) electrons. The van der Waals surface area contributed by atoms with Gasteiger partial charge < -0.3 is 4.74 Å². The van der Waals surface area contributed by atoms with Crippen LogP contribution in [-0.2, 0) is 9.53 Å². The normalized spacial score (nSPS) is 12.7. The molecule has 0 N–H and O–H groups in total. The Bertz CT molecular complexity index is 99.4. The van der Waals surface area contributed by atoms with E-state index in [9.17, 15) is 4.79 Å². The van der Waals surface area contributed by atoms with Gasteiger partial charge in [-0.2, -0.15) is 0 Å². The number of carbonyl (C=O) groups is 1. The molecule has 0 aliphatic heterocycles. The second-order valence-electron chi connectivity index (χ2n) is 2.44. The topological polar surface area (TPSA) is 26.3 Å². The molecule has 0 amide bonds. The van der Waals surface area contributed by atoms with Crippen LogP contribution in [0.25, 0.3) is 0 Å². The van der Waals surface area contributed by atoms with Crippen LogP contribution in [0.3, 0.4) is 0 Å². The first kappa shape index (κ1) is 9.47. The zero-order valence-electron chi connectivity index (χ0n) is 7.02. The van der Waals surface area contributed by atoms with E-state index in [2.05, 4.69) is 6.92 Å². The van der Waals surface area contributed by atoms with Gasteiger partial charge in [-0.05, 0) is 13.3 Å². The van der Waals surface area contributed by atoms with Crippen molar-refractivity contribution in [2.75, 3.05) is 6.61 Å². The van der Waals surface area contributed by atoms with Crippen LogP contribution in [0.1, 0.15) is 33.6 Å². The zero-order chi connectivity index (χ0) is 7.98. The minimum Gasteiger partial charge on any atom is -0.466 e. The second-order valence-corrected chi connectivity index (χ2v) is 2.44. The van der Waals surface area contributed by atoms with Crippen LogP contribution < -0.4 is 0 Å². The van der Waals surface area contributed by atoms with E-state index in [1.165, 1.54) is 0 Å². The van der Waals surface area contributed by atoms with E-state index in [1.807, 2.05) is 13.8 Å². The highest BCUT2D eigenvalue weighted by Gasteiger charge is 2.11. The molecule has 0 aliphatic rings. The Hall–Kier alpha value is -0.530. The lowest BCUT2D eigenvalue weighted by atomic mass is 10.1. The smallest absolute Gasteiger partial charge is 0.308 e. The molecule has 2 heteroatoms. The molecule has 1 atom stereocenters. The molecule has 0 aromatic rings. The Balaban J connectivity index is 3.49. The summed E-state index contributed by atoms with van der Waals surface area (Å²) in [6.45, 7) is 6.29. The number of hydrogen-bond donors (Lipinski definition) is 0. The molecule has 0 bridgehead atoms. The fourth-order valence-corrected chi connectivity index (χ4v) is 0.835. The van der Waals surface area contributed by atoms with Crippen molar-refractivity contribution in [1.82, 2.24) is 0 Å². The molecule has 0 saturated carbocycles. The van der Waals surface area contributed by atoms with E-state index >= 15 is 0 Å². The molecule has 60 valence electrons. The third-order valence-electron chi connectivity index (χ3n) is 1.41. The molecule has 0 aliphatic carbocycles. The van der Waals surface area contributed by atoms with Crippen LogP contribution in [0.15, 0.2) is 0 Å². The Morgan fingerprint density at radius 2 is 2.10 bits per heavy atom. The number of hydrogen-bond acceptors (Lipinski definition) is 2. The van der Waals surface area contributed by atoms with Gasteiger partial charge in [-0.25, -0.2) is 0 Å². The van der Waals surface area contributed by atoms with Gasteiger partial charge in [0.05, 0.1) is 12.5 Å². The largest absolute Gasteiger partial charge is 0.466 e. The first-order valence-electron chi connectivity index (χ1n) is 3.89. The lowest BCUT2D eigenvalue weighted by Crippen LogP contribution is -2.14. The minimum atomic E-state index is -0.0654. The van der Waals surface area contributed by atoms with Gasteiger partial charge in [0.2, 0.25) is 0 Å². The highest BCUT2D eigenvalue weighted by atomic mass is 16.5. The van der Waals surface area contributed by atoms with Crippen molar-refractivity contribution in [3.63, 3.8) is 0 Å². The van der Waals surface area contributed by atoms with Gasteiger partial charge in [0.15, 0.2) is 0 Å². The van der Waals surface area contributed by atoms with E-state index < -0.39 is 0 Å². The van der Waals surface area contributed by atoms with Crippen molar-refractivity contribution >= 4 is 5.97 Å². The van der Waals surface area contributed by atoms with Crippen LogP contribution in [-0.4, -0.2) is 12.6 Å². The molecule has 0 fully saturated rings. The van der Waals surface area contributed by atoms with Crippen LogP contribution in [0.2, 0.25) is 0 Å². The van der Waals surface area contributed by atoms with Gasteiger partial charge >= 0.3 is 5.97 Å². The van der Waals surface area contributed by atoms with Crippen molar-refractivity contribution in [1.29, 1.82) is 0 Å². The maximum atomic E-state index is 10.9. The average Bonchev–Trinajstić information content (AvgIpc) is 1.89. The fourth-order valence-electron chi connectivity index (χ4n) is 0.835. The summed E-state index contributed by atoms with van der Waals surface area (Å²) >= 11 is 0. The first-order chi connectivity index (χ1) is 4.72. The summed E-state index contributed by atoms with van der Waals surface area (Å²) in [6.07, 6.45) is 1.97. The maximum absolute atomic E-state index is 10.9. The quantitative estimate of drug-likeness (QED) is 0.564. The molecular formula is C8H16O2. The number of rotatable bonds is 4. The van der Waals surface area contributed by atoms with Crippen LogP contribution in [0, 0.1) is 5.92 Å². The standard InChI is InChI=1S/C8H16O2/c1-4-6-7(3)8(9)10-5-2/h7H,4-6H2,1-3H3/t7-/m0/s1. The van der Waals surface area contributed by atoms with E-state index in [1.54, 1.807) is 0 Å². The summed E-state index contributed by atoms with van der Waals surface area (Å²) < 4.78 is 4.82. The lowest BCUT2D eigenvalue weighted by Gasteiger charge is -2.07. The maximum Gasteiger partial charge on any atom is 0.308 e. The third kappa shape index (κ3) is 3.49. The monoisotopic (exact) mass is 144 g/mol. The summed E-state index contributed by atoms with van der Waals surface area (Å²) in [7, 11) is 0. The summed E-state index contributed by atoms with van der Waals surface area (Å²) in [6, 6.07) is 0. The molecule has 0 spiro atoms. The van der Waals surface area contributed by atoms with Gasteiger partial charge in [-0.15, -0.1) is 0 Å².